The normalized spacial score (nSPS) is 10.7. The van der Waals surface area contributed by atoms with Gasteiger partial charge in [-0.05, 0) is 6.54 Å². The molecule has 0 amide bonds. The molecule has 0 heterocycles. The van der Waals surface area contributed by atoms with Crippen molar-refractivity contribution in [3.63, 3.8) is 0 Å². The first-order valence-corrected chi connectivity index (χ1v) is 3.77. The summed E-state index contributed by atoms with van der Waals surface area (Å²) in [6.07, 6.45) is 0. The van der Waals surface area contributed by atoms with Crippen LogP contribution >= 0.6 is 11.6 Å². The van der Waals surface area contributed by atoms with Gasteiger partial charge in [0.25, 0.3) is 0 Å². The Morgan fingerprint density at radius 1 is 1.44 bits per heavy atom. The van der Waals surface area contributed by atoms with Crippen LogP contribution in [0.4, 0.5) is 0 Å². The Kier molecular flexibility index (Phi) is 6.48. The van der Waals surface area contributed by atoms with Gasteiger partial charge in [0.2, 0.25) is 0 Å². The Balaban J connectivity index is 3.18. The molecule has 0 bridgehead atoms. The van der Waals surface area contributed by atoms with Crippen LogP contribution in [0.5, 0.6) is 0 Å². The predicted octanol–water partition coefficient (Wildman–Crippen LogP) is 0.539. The zero-order valence-electron chi connectivity index (χ0n) is 5.81. The molecule has 56 valence electrons. The molecule has 0 fully saturated rings. The topological polar surface area (TPSA) is 23.5 Å². The van der Waals surface area contributed by atoms with Crippen LogP contribution in [-0.4, -0.2) is 42.1 Å². The maximum absolute atomic E-state index is 8.51. The molecule has 0 atom stereocenters. The van der Waals surface area contributed by atoms with E-state index in [1.807, 2.05) is 0 Å². The lowest BCUT2D eigenvalue weighted by Gasteiger charge is -2.16. The lowest BCUT2D eigenvalue weighted by molar-refractivity contribution is 0.209. The first kappa shape index (κ1) is 9.21. The average Bonchev–Trinajstić information content (AvgIpc) is 1.88. The third-order valence-corrected chi connectivity index (χ3v) is 1.43. The van der Waals surface area contributed by atoms with Crippen molar-refractivity contribution in [2.24, 2.45) is 0 Å². The van der Waals surface area contributed by atoms with E-state index < -0.39 is 0 Å². The molecule has 0 aromatic carbocycles. The maximum Gasteiger partial charge on any atom is 0.0558 e. The molecule has 0 radical (unpaired) electrons. The first-order valence-electron chi connectivity index (χ1n) is 3.24. The Hall–Kier alpha value is 0.210. The fourth-order valence-electron chi connectivity index (χ4n) is 0.689. The van der Waals surface area contributed by atoms with Crippen molar-refractivity contribution in [1.29, 1.82) is 0 Å². The van der Waals surface area contributed by atoms with Crippen LogP contribution in [0.15, 0.2) is 0 Å². The van der Waals surface area contributed by atoms with Crippen LogP contribution in [0, 0.1) is 0 Å². The summed E-state index contributed by atoms with van der Waals surface area (Å²) in [5, 5.41) is 8.51. The fourth-order valence-corrected chi connectivity index (χ4v) is 0.928. The van der Waals surface area contributed by atoms with E-state index in [9.17, 15) is 0 Å². The molecule has 0 spiro atoms. The van der Waals surface area contributed by atoms with Crippen molar-refractivity contribution in [2.45, 2.75) is 6.92 Å². The molecule has 2 nitrogen and oxygen atoms in total. The zero-order chi connectivity index (χ0) is 7.11. The molecule has 0 aliphatic carbocycles. The third-order valence-electron chi connectivity index (χ3n) is 1.26. The summed E-state index contributed by atoms with van der Waals surface area (Å²) < 4.78 is 0. The molecule has 0 aromatic heterocycles. The van der Waals surface area contributed by atoms with Gasteiger partial charge in [-0.15, -0.1) is 11.6 Å². The number of hydrogen-bond donors (Lipinski definition) is 1. The second kappa shape index (κ2) is 6.33. The molecule has 0 aliphatic rings. The Labute approximate surface area is 61.4 Å². The second-order valence-electron chi connectivity index (χ2n) is 1.85. The molecular weight excluding hydrogens is 138 g/mol. The Morgan fingerprint density at radius 2 is 2.11 bits per heavy atom. The number of nitrogens with zero attached hydrogens (tertiary/aromatic N) is 1. The van der Waals surface area contributed by atoms with Crippen LogP contribution in [0.2, 0.25) is 0 Å². The van der Waals surface area contributed by atoms with E-state index >= 15 is 0 Å². The highest BCUT2D eigenvalue weighted by atomic mass is 35.5. The summed E-state index contributed by atoms with van der Waals surface area (Å²) in [6, 6.07) is 0. The number of aliphatic hydroxyl groups is 1. The number of alkyl halides is 1. The molecule has 0 aliphatic heterocycles. The molecule has 0 aromatic rings. The van der Waals surface area contributed by atoms with E-state index in [2.05, 4.69) is 11.8 Å². The van der Waals surface area contributed by atoms with E-state index in [-0.39, 0.29) is 6.61 Å². The number of aliphatic hydroxyl groups excluding tert-OH is 1. The minimum Gasteiger partial charge on any atom is -0.395 e. The quantitative estimate of drug-likeness (QED) is 0.580. The number of halogens is 1. The van der Waals surface area contributed by atoms with Crippen LogP contribution in [0.3, 0.4) is 0 Å². The highest BCUT2D eigenvalue weighted by molar-refractivity contribution is 6.18. The summed E-state index contributed by atoms with van der Waals surface area (Å²) in [7, 11) is 0. The Morgan fingerprint density at radius 3 is 2.44 bits per heavy atom. The maximum atomic E-state index is 8.51. The summed E-state index contributed by atoms with van der Waals surface area (Å²) in [5.41, 5.74) is 0. The predicted molar refractivity (Wildman–Crippen MR) is 39.9 cm³/mol. The van der Waals surface area contributed by atoms with Gasteiger partial charge >= 0.3 is 0 Å². The molecule has 3 heteroatoms. The largest absolute Gasteiger partial charge is 0.395 e. The van der Waals surface area contributed by atoms with Gasteiger partial charge in [-0.25, -0.2) is 0 Å². The molecule has 0 saturated carbocycles. The van der Waals surface area contributed by atoms with Crippen molar-refractivity contribution < 1.29 is 5.11 Å². The molecular formula is C6H14ClNO. The standard InChI is InChI=1S/C6H14ClNO/c1-2-8(4-3-7)5-6-9/h9H,2-6H2,1H3. The Bertz CT molecular complexity index is 55.0. The fraction of sp³-hybridized carbons (Fsp3) is 1.00. The summed E-state index contributed by atoms with van der Waals surface area (Å²) in [4.78, 5) is 2.10. The highest BCUT2D eigenvalue weighted by Gasteiger charge is 1.97. The van der Waals surface area contributed by atoms with Gasteiger partial charge in [0.15, 0.2) is 0 Å². The van der Waals surface area contributed by atoms with Gasteiger partial charge < -0.3 is 10.0 Å². The average molecular weight is 152 g/mol. The number of rotatable bonds is 5. The van der Waals surface area contributed by atoms with Gasteiger partial charge in [0.05, 0.1) is 6.61 Å². The minimum atomic E-state index is 0.227. The summed E-state index contributed by atoms with van der Waals surface area (Å²) >= 11 is 5.49. The van der Waals surface area contributed by atoms with E-state index in [1.54, 1.807) is 0 Å². The van der Waals surface area contributed by atoms with Crippen LogP contribution in [0.1, 0.15) is 6.92 Å². The molecule has 1 N–H and O–H groups in total. The van der Waals surface area contributed by atoms with Gasteiger partial charge in [-0.2, -0.15) is 0 Å². The lowest BCUT2D eigenvalue weighted by atomic mass is 10.5. The second-order valence-corrected chi connectivity index (χ2v) is 2.22. The van der Waals surface area contributed by atoms with Gasteiger partial charge in [0.1, 0.15) is 0 Å². The smallest absolute Gasteiger partial charge is 0.0558 e. The zero-order valence-corrected chi connectivity index (χ0v) is 6.56. The van der Waals surface area contributed by atoms with Crippen molar-refractivity contribution in [2.75, 3.05) is 32.1 Å². The number of hydrogen-bond acceptors (Lipinski definition) is 2. The van der Waals surface area contributed by atoms with Crippen LogP contribution in [0.25, 0.3) is 0 Å². The van der Waals surface area contributed by atoms with Gasteiger partial charge in [0, 0.05) is 19.0 Å². The third kappa shape index (κ3) is 4.70. The lowest BCUT2D eigenvalue weighted by Crippen LogP contribution is -2.28. The number of likely N-dealkylation sites (N-methyl/N-ethyl adjacent to an activating group) is 1. The van der Waals surface area contributed by atoms with E-state index in [0.717, 1.165) is 19.6 Å². The van der Waals surface area contributed by atoms with E-state index in [0.29, 0.717) is 5.88 Å². The van der Waals surface area contributed by atoms with E-state index in [1.165, 1.54) is 0 Å². The molecule has 0 saturated heterocycles. The summed E-state index contributed by atoms with van der Waals surface area (Å²) in [5.74, 6) is 0.647. The monoisotopic (exact) mass is 151 g/mol. The van der Waals surface area contributed by atoms with Crippen molar-refractivity contribution in [1.82, 2.24) is 4.90 Å². The van der Waals surface area contributed by atoms with Gasteiger partial charge in [-0.1, -0.05) is 6.92 Å². The van der Waals surface area contributed by atoms with Crippen LogP contribution < -0.4 is 0 Å². The molecule has 0 unspecified atom stereocenters. The SMILES string of the molecule is CCN(CCO)CCCl. The highest BCUT2D eigenvalue weighted by Crippen LogP contribution is 1.87. The van der Waals surface area contributed by atoms with Crippen LogP contribution in [-0.2, 0) is 0 Å². The minimum absolute atomic E-state index is 0.227. The summed E-state index contributed by atoms with van der Waals surface area (Å²) in [6.45, 7) is 4.86. The molecule has 9 heavy (non-hydrogen) atoms. The van der Waals surface area contributed by atoms with Crippen molar-refractivity contribution in [3.05, 3.63) is 0 Å². The van der Waals surface area contributed by atoms with Gasteiger partial charge in [-0.3, -0.25) is 0 Å². The van der Waals surface area contributed by atoms with Crippen molar-refractivity contribution in [3.8, 4) is 0 Å². The van der Waals surface area contributed by atoms with E-state index in [4.69, 9.17) is 16.7 Å². The molecule has 0 rings (SSSR count). The first-order chi connectivity index (χ1) is 4.35. The van der Waals surface area contributed by atoms with Crippen molar-refractivity contribution >= 4 is 11.6 Å².